The summed E-state index contributed by atoms with van der Waals surface area (Å²) in [6.07, 6.45) is -2.35. The number of aromatic nitrogens is 1. The molecule has 2 fully saturated rings. The summed E-state index contributed by atoms with van der Waals surface area (Å²) in [5.41, 5.74) is -1.85. The number of ether oxygens (including phenoxy) is 8. The van der Waals surface area contributed by atoms with Crippen LogP contribution in [0.3, 0.4) is 0 Å². The van der Waals surface area contributed by atoms with E-state index in [0.29, 0.717) is 29.3 Å². The molecular formula is C50H78N2O13. The Hall–Kier alpha value is -3.09. The van der Waals surface area contributed by atoms with Crippen molar-refractivity contribution in [3.8, 4) is 0 Å². The fraction of sp³-hybridized carbons (Fsp3) is 0.740. The Bertz CT molecular complexity index is 1920. The van der Waals surface area contributed by atoms with E-state index in [1.165, 1.54) is 7.11 Å². The van der Waals surface area contributed by atoms with E-state index in [9.17, 15) is 24.9 Å². The van der Waals surface area contributed by atoms with Gasteiger partial charge in [-0.05, 0) is 106 Å². The lowest BCUT2D eigenvalue weighted by Crippen LogP contribution is -2.61. The molecule has 2 aromatic rings. The van der Waals surface area contributed by atoms with Gasteiger partial charge in [-0.15, -0.1) is 0 Å². The summed E-state index contributed by atoms with van der Waals surface area (Å²) >= 11 is 0. The quantitative estimate of drug-likeness (QED) is 0.161. The van der Waals surface area contributed by atoms with E-state index in [-0.39, 0.29) is 43.9 Å². The second-order valence-electron chi connectivity index (χ2n) is 19.8. The molecule has 0 spiro atoms. The van der Waals surface area contributed by atoms with Gasteiger partial charge in [0.1, 0.15) is 23.9 Å². The molecule has 0 amide bonds. The molecule has 0 aliphatic carbocycles. The lowest BCUT2D eigenvalue weighted by molar-refractivity contribution is -0.319. The molecule has 2 saturated heterocycles. The van der Waals surface area contributed by atoms with Crippen LogP contribution in [0, 0.1) is 23.7 Å². The lowest BCUT2D eigenvalue weighted by atomic mass is 9.74. The number of likely N-dealkylation sites (N-methyl/N-ethyl adjacent to an activating group) is 1. The van der Waals surface area contributed by atoms with Crippen molar-refractivity contribution in [3.63, 3.8) is 0 Å². The summed E-state index contributed by atoms with van der Waals surface area (Å²) in [7, 11) is 6.97. The Morgan fingerprint density at radius 2 is 1.63 bits per heavy atom. The van der Waals surface area contributed by atoms with Crippen LogP contribution in [0.2, 0.25) is 0 Å². The Morgan fingerprint density at radius 1 is 0.954 bits per heavy atom. The molecule has 0 bridgehead atoms. The van der Waals surface area contributed by atoms with E-state index >= 15 is 0 Å². The van der Waals surface area contributed by atoms with Gasteiger partial charge in [-0.3, -0.25) is 9.78 Å². The minimum Gasteiger partial charge on any atom is -0.462 e. The van der Waals surface area contributed by atoms with Crippen molar-refractivity contribution in [3.05, 3.63) is 53.7 Å². The van der Waals surface area contributed by atoms with Crippen molar-refractivity contribution in [2.24, 2.45) is 23.7 Å². The third-order valence-electron chi connectivity index (χ3n) is 14.6. The topological polar surface area (TPSA) is 185 Å². The summed E-state index contributed by atoms with van der Waals surface area (Å²) < 4.78 is 51.1. The van der Waals surface area contributed by atoms with Crippen LogP contribution in [0.15, 0.2) is 48.2 Å². The third-order valence-corrected chi connectivity index (χ3v) is 14.6. The number of methoxy groups -OCH3 is 2. The number of aliphatic hydroxyl groups is 3. The van der Waals surface area contributed by atoms with Crippen molar-refractivity contribution in [2.45, 2.75) is 179 Å². The zero-order valence-electron chi connectivity index (χ0n) is 41.2. The number of para-hydroxylation sites is 1. The van der Waals surface area contributed by atoms with Crippen LogP contribution in [0.25, 0.3) is 10.9 Å². The second-order valence-corrected chi connectivity index (χ2v) is 19.8. The molecule has 65 heavy (non-hydrogen) atoms. The number of allylic oxidation sites excluding steroid dienone is 1. The lowest BCUT2D eigenvalue weighted by Gasteiger charge is -2.49. The first-order valence-electron chi connectivity index (χ1n) is 23.4. The van der Waals surface area contributed by atoms with Crippen LogP contribution >= 0.6 is 0 Å². The molecule has 366 valence electrons. The van der Waals surface area contributed by atoms with E-state index in [1.54, 1.807) is 47.1 Å². The molecule has 15 nitrogen and oxygen atoms in total. The molecule has 0 unspecified atom stereocenters. The maximum atomic E-state index is 14.7. The van der Waals surface area contributed by atoms with Gasteiger partial charge < -0.3 is 58.1 Å². The van der Waals surface area contributed by atoms with Crippen molar-refractivity contribution >= 4 is 22.8 Å². The summed E-state index contributed by atoms with van der Waals surface area (Å²) in [5, 5.41) is 36.2. The predicted octanol–water partition coefficient (Wildman–Crippen LogP) is 6.23. The van der Waals surface area contributed by atoms with Crippen molar-refractivity contribution in [2.75, 3.05) is 34.9 Å². The zero-order chi connectivity index (χ0) is 48.2. The number of cyclic esters (lactones) is 1. The van der Waals surface area contributed by atoms with Gasteiger partial charge in [-0.2, -0.15) is 0 Å². The van der Waals surface area contributed by atoms with Crippen LogP contribution in [-0.2, 0) is 42.7 Å². The standard InChI is InChI=1S/C50H78N2O13/c1-15-39-50(10,57)36(21-23-60-46(56)35-20-22-51-37-19-17-16-18-34(35)37)29(3)24-28(2)26-49(9,59-14)44(65-47-41(53)38(52(11)12)25-30(4)61-47)31(5)42(32(6)45(55)63-39)64-40-27-48(8,58-13)43(54)33(7)62-40/h16-20,22,24,28,30-33,36,38-44,47,53-54,57H,15,21,23,25-27H2,1-14H3/b29-24-/t28-,30+,31-,32+,33-,36+,38-,39+,40-,41+,42-,43-,44+,47-,48+,49-,50-/m0/s1. The number of carbonyl (C=O) groups excluding carboxylic acids is 2. The van der Waals surface area contributed by atoms with Gasteiger partial charge in [-0.1, -0.05) is 50.6 Å². The van der Waals surface area contributed by atoms with Crippen molar-refractivity contribution in [1.29, 1.82) is 0 Å². The van der Waals surface area contributed by atoms with Crippen LogP contribution in [-0.4, -0.2) is 150 Å². The van der Waals surface area contributed by atoms with E-state index in [0.717, 1.165) is 5.57 Å². The molecule has 3 aliphatic heterocycles. The Labute approximate surface area is 386 Å². The molecule has 5 rings (SSSR count). The molecule has 15 heteroatoms. The van der Waals surface area contributed by atoms with Gasteiger partial charge in [0.2, 0.25) is 0 Å². The third kappa shape index (κ3) is 11.8. The highest BCUT2D eigenvalue weighted by molar-refractivity contribution is 6.03. The Morgan fingerprint density at radius 3 is 2.28 bits per heavy atom. The minimum atomic E-state index is -1.62. The average molecular weight is 915 g/mol. The minimum absolute atomic E-state index is 0.0270. The number of pyridine rings is 1. The first kappa shape index (κ1) is 52.9. The smallest absolute Gasteiger partial charge is 0.338 e. The number of nitrogens with zero attached hydrogens (tertiary/aromatic N) is 2. The number of esters is 2. The van der Waals surface area contributed by atoms with Crippen LogP contribution < -0.4 is 0 Å². The fourth-order valence-corrected chi connectivity index (χ4v) is 10.7. The number of fused-ring (bicyclic) bond motifs is 1. The first-order valence-corrected chi connectivity index (χ1v) is 23.4. The molecule has 1 aromatic carbocycles. The number of hydrogen-bond acceptors (Lipinski definition) is 15. The second kappa shape index (κ2) is 21.9. The summed E-state index contributed by atoms with van der Waals surface area (Å²) in [5.74, 6) is -3.56. The molecule has 1 aromatic heterocycles. The molecular weight excluding hydrogens is 837 g/mol. The van der Waals surface area contributed by atoms with Gasteiger partial charge in [-0.25, -0.2) is 4.79 Å². The molecule has 0 saturated carbocycles. The van der Waals surface area contributed by atoms with E-state index in [4.69, 9.17) is 37.9 Å². The number of carbonyl (C=O) groups is 2. The number of hydrogen-bond donors (Lipinski definition) is 3. The normalized spacial score (nSPS) is 41.0. The van der Waals surface area contributed by atoms with Gasteiger partial charge in [0.05, 0.1) is 59.2 Å². The van der Waals surface area contributed by atoms with Gasteiger partial charge in [0.15, 0.2) is 12.6 Å². The van der Waals surface area contributed by atoms with Crippen molar-refractivity contribution in [1.82, 2.24) is 9.88 Å². The molecule has 4 heterocycles. The highest BCUT2D eigenvalue weighted by atomic mass is 16.7. The fourth-order valence-electron chi connectivity index (χ4n) is 10.7. The molecule has 0 radical (unpaired) electrons. The van der Waals surface area contributed by atoms with Crippen LogP contribution in [0.4, 0.5) is 0 Å². The highest BCUT2D eigenvalue weighted by Gasteiger charge is 2.53. The van der Waals surface area contributed by atoms with E-state index in [2.05, 4.69) is 18.0 Å². The monoisotopic (exact) mass is 915 g/mol. The van der Waals surface area contributed by atoms with Crippen molar-refractivity contribution < 1.29 is 62.8 Å². The highest BCUT2D eigenvalue weighted by Crippen LogP contribution is 2.42. The maximum Gasteiger partial charge on any atom is 0.338 e. The predicted molar refractivity (Wildman–Crippen MR) is 245 cm³/mol. The number of rotatable bonds is 12. The first-order chi connectivity index (χ1) is 30.5. The molecule has 3 aliphatic rings. The summed E-state index contributed by atoms with van der Waals surface area (Å²) in [4.78, 5) is 34.6. The van der Waals surface area contributed by atoms with Gasteiger partial charge >= 0.3 is 11.9 Å². The maximum absolute atomic E-state index is 14.7. The van der Waals surface area contributed by atoms with Crippen LogP contribution in [0.1, 0.15) is 112 Å². The zero-order valence-corrected chi connectivity index (χ0v) is 41.2. The Balaban J connectivity index is 1.57. The van der Waals surface area contributed by atoms with Gasteiger partial charge in [0.25, 0.3) is 0 Å². The van der Waals surface area contributed by atoms with Gasteiger partial charge in [0, 0.05) is 50.1 Å². The van der Waals surface area contributed by atoms with Crippen LogP contribution in [0.5, 0.6) is 0 Å². The van der Waals surface area contributed by atoms with E-state index in [1.807, 2.05) is 77.9 Å². The molecule has 17 atom stereocenters. The number of benzene rings is 1. The largest absolute Gasteiger partial charge is 0.462 e. The summed E-state index contributed by atoms with van der Waals surface area (Å²) in [6, 6.07) is 8.73. The number of aliphatic hydroxyl groups excluding tert-OH is 2. The van der Waals surface area contributed by atoms with E-state index < -0.39 is 95.7 Å². The Kier molecular flexibility index (Phi) is 17.8. The summed E-state index contributed by atoms with van der Waals surface area (Å²) in [6.45, 7) is 18.6. The molecule has 3 N–H and O–H groups in total. The SMILES string of the molecule is CC[C@H]1OC(=O)[C@H](C)[C@@H](O[C@H]2C[C@@](C)(OC)[C@@H](O)[C@H](C)O2)[C@H](C)[C@@H](O[C@@H]2O[C@H](C)C[C@H](N(C)C)[C@H]2O)[C@@](C)(OC)C[C@@H](C)/C=C(/C)[C@@H](CCOC(=O)c2ccnc3ccccc23)[C@]1(C)O. The average Bonchev–Trinajstić information content (AvgIpc) is 3.26.